The Morgan fingerprint density at radius 3 is 2.87 bits per heavy atom. The summed E-state index contributed by atoms with van der Waals surface area (Å²) < 4.78 is 0. The highest BCUT2D eigenvalue weighted by atomic mass is 16.2. The highest BCUT2D eigenvalue weighted by Gasteiger charge is 2.17. The number of carbonyl (C=O) groups excluding carboxylic acids is 1. The zero-order valence-electron chi connectivity index (χ0n) is 8.92. The monoisotopic (exact) mass is 204 g/mol. The largest absolute Gasteiger partial charge is 0.358 e. The van der Waals surface area contributed by atoms with Crippen molar-refractivity contribution in [2.24, 2.45) is 5.73 Å². The summed E-state index contributed by atoms with van der Waals surface area (Å²) >= 11 is 0. The molecule has 0 aliphatic heterocycles. The van der Waals surface area contributed by atoms with Gasteiger partial charge in [-0.25, -0.2) is 0 Å². The van der Waals surface area contributed by atoms with Crippen LogP contribution in [0.1, 0.15) is 29.2 Å². The van der Waals surface area contributed by atoms with Crippen molar-refractivity contribution in [3.05, 3.63) is 34.9 Å². The van der Waals surface area contributed by atoms with E-state index in [1.54, 1.807) is 7.05 Å². The van der Waals surface area contributed by atoms with Crippen LogP contribution >= 0.6 is 0 Å². The Morgan fingerprint density at radius 1 is 1.40 bits per heavy atom. The highest BCUT2D eigenvalue weighted by Crippen LogP contribution is 2.24. The number of carbonyl (C=O) groups is 1. The quantitative estimate of drug-likeness (QED) is 0.752. The van der Waals surface area contributed by atoms with E-state index in [1.807, 2.05) is 6.07 Å². The third kappa shape index (κ3) is 1.88. The van der Waals surface area contributed by atoms with Crippen molar-refractivity contribution in [3.63, 3.8) is 0 Å². The summed E-state index contributed by atoms with van der Waals surface area (Å²) in [5.74, 6) is -0.132. The molecule has 0 fully saturated rings. The van der Waals surface area contributed by atoms with Crippen molar-refractivity contribution < 1.29 is 4.79 Å². The lowest BCUT2D eigenvalue weighted by Crippen LogP contribution is -2.31. The number of likely N-dealkylation sites (N-methyl/N-ethyl adjacent to an activating group) is 1. The number of fused-ring (bicyclic) bond motifs is 1. The predicted molar refractivity (Wildman–Crippen MR) is 59.5 cm³/mol. The Hall–Kier alpha value is -1.35. The molecule has 15 heavy (non-hydrogen) atoms. The second-order valence-corrected chi connectivity index (χ2v) is 3.97. The van der Waals surface area contributed by atoms with Gasteiger partial charge in [-0.3, -0.25) is 4.79 Å². The van der Waals surface area contributed by atoms with Crippen LogP contribution in [0.2, 0.25) is 0 Å². The maximum absolute atomic E-state index is 11.4. The van der Waals surface area contributed by atoms with Gasteiger partial charge >= 0.3 is 0 Å². The summed E-state index contributed by atoms with van der Waals surface area (Å²) in [5.41, 5.74) is 9.50. The molecular formula is C12H16N2O. The van der Waals surface area contributed by atoms with Gasteiger partial charge in [-0.15, -0.1) is 0 Å². The third-order valence-corrected chi connectivity index (χ3v) is 3.01. The van der Waals surface area contributed by atoms with Crippen LogP contribution in [-0.2, 0) is 17.6 Å². The second kappa shape index (κ2) is 4.03. The second-order valence-electron chi connectivity index (χ2n) is 3.97. The van der Waals surface area contributed by atoms with E-state index in [2.05, 4.69) is 17.4 Å². The molecule has 2 rings (SSSR count). The molecule has 80 valence electrons. The average Bonchev–Trinajstić information content (AvgIpc) is 2.73. The molecule has 1 aromatic carbocycles. The van der Waals surface area contributed by atoms with Gasteiger partial charge in [0, 0.05) is 7.05 Å². The fourth-order valence-corrected chi connectivity index (χ4v) is 2.09. The summed E-state index contributed by atoms with van der Waals surface area (Å²) in [6.45, 7) is 0. The SMILES string of the molecule is CNC(=O)C(N)c1ccc2c(c1)CCC2. The average molecular weight is 204 g/mol. The highest BCUT2D eigenvalue weighted by molar-refractivity contribution is 5.82. The number of aryl methyl sites for hydroxylation is 2. The molecule has 0 saturated heterocycles. The van der Waals surface area contributed by atoms with Crippen LogP contribution in [0.3, 0.4) is 0 Å². The van der Waals surface area contributed by atoms with Gasteiger partial charge in [0.25, 0.3) is 0 Å². The Kier molecular flexibility index (Phi) is 2.73. The summed E-state index contributed by atoms with van der Waals surface area (Å²) in [4.78, 5) is 11.4. The Morgan fingerprint density at radius 2 is 2.13 bits per heavy atom. The van der Waals surface area contributed by atoms with Gasteiger partial charge in [0.15, 0.2) is 0 Å². The van der Waals surface area contributed by atoms with Gasteiger partial charge in [-0.05, 0) is 36.0 Å². The van der Waals surface area contributed by atoms with Gasteiger partial charge in [-0.2, -0.15) is 0 Å². The number of rotatable bonds is 2. The molecular weight excluding hydrogens is 188 g/mol. The minimum atomic E-state index is -0.541. The van der Waals surface area contributed by atoms with Crippen LogP contribution in [0.5, 0.6) is 0 Å². The Balaban J connectivity index is 2.26. The van der Waals surface area contributed by atoms with Gasteiger partial charge < -0.3 is 11.1 Å². The summed E-state index contributed by atoms with van der Waals surface area (Å²) in [5, 5.41) is 2.57. The first kappa shape index (κ1) is 10.2. The molecule has 0 bridgehead atoms. The lowest BCUT2D eigenvalue weighted by molar-refractivity contribution is -0.121. The molecule has 1 amide bonds. The molecule has 1 aliphatic rings. The van der Waals surface area contributed by atoms with E-state index in [-0.39, 0.29) is 5.91 Å². The fraction of sp³-hybridized carbons (Fsp3) is 0.417. The van der Waals surface area contributed by atoms with E-state index in [0.717, 1.165) is 18.4 Å². The van der Waals surface area contributed by atoms with E-state index in [0.29, 0.717) is 0 Å². The first-order chi connectivity index (χ1) is 7.22. The van der Waals surface area contributed by atoms with E-state index >= 15 is 0 Å². The first-order valence-electron chi connectivity index (χ1n) is 5.31. The molecule has 1 aromatic rings. The van der Waals surface area contributed by atoms with Crippen molar-refractivity contribution in [2.75, 3.05) is 7.05 Å². The lowest BCUT2D eigenvalue weighted by Gasteiger charge is -2.11. The summed E-state index contributed by atoms with van der Waals surface area (Å²) in [6, 6.07) is 5.59. The maximum Gasteiger partial charge on any atom is 0.241 e. The number of benzene rings is 1. The zero-order chi connectivity index (χ0) is 10.8. The summed E-state index contributed by atoms with van der Waals surface area (Å²) in [7, 11) is 1.61. The van der Waals surface area contributed by atoms with Crippen molar-refractivity contribution >= 4 is 5.91 Å². The number of amides is 1. The third-order valence-electron chi connectivity index (χ3n) is 3.01. The van der Waals surface area contributed by atoms with E-state index in [9.17, 15) is 4.79 Å². The molecule has 3 N–H and O–H groups in total. The van der Waals surface area contributed by atoms with Crippen LogP contribution in [0.15, 0.2) is 18.2 Å². The molecule has 0 spiro atoms. The first-order valence-corrected chi connectivity index (χ1v) is 5.31. The minimum absolute atomic E-state index is 0.132. The number of nitrogens with two attached hydrogens (primary N) is 1. The molecule has 0 aromatic heterocycles. The zero-order valence-corrected chi connectivity index (χ0v) is 8.92. The maximum atomic E-state index is 11.4. The van der Waals surface area contributed by atoms with Crippen molar-refractivity contribution in [2.45, 2.75) is 25.3 Å². The summed E-state index contributed by atoms with van der Waals surface area (Å²) in [6.07, 6.45) is 3.49. The predicted octanol–water partition coefficient (Wildman–Crippen LogP) is 0.921. The molecule has 1 aliphatic carbocycles. The van der Waals surface area contributed by atoms with Crippen LogP contribution in [-0.4, -0.2) is 13.0 Å². The van der Waals surface area contributed by atoms with Crippen LogP contribution in [0, 0.1) is 0 Å². The smallest absolute Gasteiger partial charge is 0.241 e. The van der Waals surface area contributed by atoms with E-state index < -0.39 is 6.04 Å². The minimum Gasteiger partial charge on any atom is -0.358 e. The van der Waals surface area contributed by atoms with Crippen LogP contribution in [0.25, 0.3) is 0 Å². The fourth-order valence-electron chi connectivity index (χ4n) is 2.09. The van der Waals surface area contributed by atoms with Crippen LogP contribution < -0.4 is 11.1 Å². The number of hydrogen-bond acceptors (Lipinski definition) is 2. The Bertz CT molecular complexity index is 387. The van der Waals surface area contributed by atoms with E-state index in [4.69, 9.17) is 5.73 Å². The molecule has 0 radical (unpaired) electrons. The molecule has 3 heteroatoms. The van der Waals surface area contributed by atoms with Gasteiger partial charge in [0.2, 0.25) is 5.91 Å². The normalized spacial score (nSPS) is 15.9. The van der Waals surface area contributed by atoms with Crippen molar-refractivity contribution in [1.29, 1.82) is 0 Å². The number of nitrogens with one attached hydrogen (secondary N) is 1. The molecule has 3 nitrogen and oxygen atoms in total. The van der Waals surface area contributed by atoms with Crippen molar-refractivity contribution in [3.8, 4) is 0 Å². The topological polar surface area (TPSA) is 55.1 Å². The molecule has 0 heterocycles. The lowest BCUT2D eigenvalue weighted by atomic mass is 10.0. The molecule has 0 saturated carbocycles. The molecule has 1 unspecified atom stereocenters. The number of hydrogen-bond donors (Lipinski definition) is 2. The van der Waals surface area contributed by atoms with Gasteiger partial charge in [-0.1, -0.05) is 18.2 Å². The van der Waals surface area contributed by atoms with Crippen molar-refractivity contribution in [1.82, 2.24) is 5.32 Å². The van der Waals surface area contributed by atoms with E-state index in [1.165, 1.54) is 17.5 Å². The molecule has 1 atom stereocenters. The van der Waals surface area contributed by atoms with Gasteiger partial charge in [0.05, 0.1) is 0 Å². The Labute approximate surface area is 89.7 Å². The van der Waals surface area contributed by atoms with Crippen LogP contribution in [0.4, 0.5) is 0 Å². The van der Waals surface area contributed by atoms with Gasteiger partial charge in [0.1, 0.15) is 6.04 Å². The standard InChI is InChI=1S/C12H16N2O/c1-14-12(15)11(13)10-6-5-8-3-2-4-9(8)7-10/h5-7,11H,2-4,13H2,1H3,(H,14,15).